The quantitative estimate of drug-likeness (QED) is 0.819. The molecule has 0 aliphatic carbocycles. The average Bonchev–Trinajstić information content (AvgIpc) is 2.15. The van der Waals surface area contributed by atoms with Crippen molar-refractivity contribution in [2.24, 2.45) is 0 Å². The van der Waals surface area contributed by atoms with E-state index in [1.807, 2.05) is 13.8 Å². The van der Waals surface area contributed by atoms with Gasteiger partial charge in [0.2, 0.25) is 0 Å². The van der Waals surface area contributed by atoms with Crippen molar-refractivity contribution in [1.82, 2.24) is 4.98 Å². The summed E-state index contributed by atoms with van der Waals surface area (Å²) in [6.45, 7) is 6.21. The maximum absolute atomic E-state index is 11.2. The molecule has 17 heavy (non-hydrogen) atoms. The van der Waals surface area contributed by atoms with E-state index in [1.54, 1.807) is 20.1 Å². The maximum atomic E-state index is 11.2. The van der Waals surface area contributed by atoms with E-state index in [2.05, 4.69) is 4.98 Å². The zero-order chi connectivity index (χ0) is 13.0. The van der Waals surface area contributed by atoms with Gasteiger partial charge in [0.1, 0.15) is 5.03 Å². The van der Waals surface area contributed by atoms with Crippen LogP contribution in [0.15, 0.2) is 11.1 Å². The van der Waals surface area contributed by atoms with Crippen LogP contribution in [-0.2, 0) is 4.74 Å². The lowest BCUT2D eigenvalue weighted by molar-refractivity contribution is 0.0691. The van der Waals surface area contributed by atoms with Crippen molar-refractivity contribution in [2.45, 2.75) is 31.0 Å². The van der Waals surface area contributed by atoms with Gasteiger partial charge in [-0.1, -0.05) is 6.92 Å². The molecule has 0 amide bonds. The molecule has 1 rings (SSSR count). The van der Waals surface area contributed by atoms with Crippen molar-refractivity contribution in [3.8, 4) is 0 Å². The summed E-state index contributed by atoms with van der Waals surface area (Å²) in [5.41, 5.74) is 1.88. The number of aromatic carboxylic acids is 1. The number of hydrogen-bond acceptors (Lipinski definition) is 4. The number of pyridine rings is 1. The molecule has 0 spiro atoms. The van der Waals surface area contributed by atoms with Gasteiger partial charge in [0.15, 0.2) is 0 Å². The molecule has 1 unspecified atom stereocenters. The van der Waals surface area contributed by atoms with Gasteiger partial charge in [-0.3, -0.25) is 0 Å². The molecule has 0 saturated heterocycles. The van der Waals surface area contributed by atoms with E-state index in [-0.39, 0.29) is 5.25 Å². The predicted molar refractivity (Wildman–Crippen MR) is 67.9 cm³/mol. The summed E-state index contributed by atoms with van der Waals surface area (Å²) < 4.78 is 5.04. The second-order valence-corrected chi connectivity index (χ2v) is 5.38. The predicted octanol–water partition coefficient (Wildman–Crippen LogP) is 2.52. The normalized spacial score (nSPS) is 12.5. The lowest BCUT2D eigenvalue weighted by Crippen LogP contribution is -2.10. The molecule has 0 aliphatic rings. The minimum absolute atomic E-state index is 0.173. The fraction of sp³-hybridized carbons (Fsp3) is 0.500. The van der Waals surface area contributed by atoms with E-state index in [0.29, 0.717) is 17.2 Å². The van der Waals surface area contributed by atoms with Crippen molar-refractivity contribution in [3.05, 3.63) is 22.9 Å². The molecule has 0 aliphatic heterocycles. The molecule has 0 radical (unpaired) electrons. The Balaban J connectivity index is 3.08. The number of carboxylic acid groups (broad SMARTS) is 1. The molecule has 1 heterocycles. The van der Waals surface area contributed by atoms with Gasteiger partial charge in [0.05, 0.1) is 12.2 Å². The third-order valence-corrected chi connectivity index (χ3v) is 3.30. The number of methoxy groups -OCH3 is 1. The van der Waals surface area contributed by atoms with Gasteiger partial charge >= 0.3 is 5.97 Å². The highest BCUT2D eigenvalue weighted by Crippen LogP contribution is 2.27. The molecular weight excluding hydrogens is 238 g/mol. The molecule has 1 atom stereocenters. The van der Waals surface area contributed by atoms with Crippen LogP contribution in [0.4, 0.5) is 0 Å². The number of thioether (sulfide) groups is 1. The number of rotatable bonds is 5. The minimum atomic E-state index is -0.929. The Kier molecular flexibility index (Phi) is 4.96. The number of ether oxygens (including phenoxy) is 1. The zero-order valence-corrected chi connectivity index (χ0v) is 11.3. The van der Waals surface area contributed by atoms with Crippen molar-refractivity contribution in [3.63, 3.8) is 0 Å². The van der Waals surface area contributed by atoms with Gasteiger partial charge in [-0.2, -0.15) is 0 Å². The molecule has 1 aromatic heterocycles. The number of aryl methyl sites for hydroxylation is 2. The highest BCUT2D eigenvalue weighted by Gasteiger charge is 2.18. The second kappa shape index (κ2) is 6.02. The first kappa shape index (κ1) is 14.0. The van der Waals surface area contributed by atoms with Crippen molar-refractivity contribution in [1.29, 1.82) is 0 Å². The SMILES string of the molecule is COCC(C)Sc1nc(C)cc(C)c1C(=O)O. The van der Waals surface area contributed by atoms with Crippen LogP contribution in [0, 0.1) is 13.8 Å². The van der Waals surface area contributed by atoms with E-state index in [1.165, 1.54) is 11.8 Å². The summed E-state index contributed by atoms with van der Waals surface area (Å²) in [5.74, 6) is -0.929. The highest BCUT2D eigenvalue weighted by molar-refractivity contribution is 7.99. The first-order chi connectivity index (χ1) is 7.95. The van der Waals surface area contributed by atoms with Gasteiger partial charge < -0.3 is 9.84 Å². The van der Waals surface area contributed by atoms with Gasteiger partial charge in [-0.25, -0.2) is 9.78 Å². The van der Waals surface area contributed by atoms with Gasteiger partial charge in [0, 0.05) is 18.1 Å². The Morgan fingerprint density at radius 3 is 2.76 bits per heavy atom. The van der Waals surface area contributed by atoms with Crippen LogP contribution >= 0.6 is 11.8 Å². The summed E-state index contributed by atoms with van der Waals surface area (Å²) in [6, 6.07) is 1.79. The summed E-state index contributed by atoms with van der Waals surface area (Å²) in [6.07, 6.45) is 0. The Bertz CT molecular complexity index is 420. The largest absolute Gasteiger partial charge is 0.478 e. The van der Waals surface area contributed by atoms with Crippen molar-refractivity contribution >= 4 is 17.7 Å². The van der Waals surface area contributed by atoms with E-state index >= 15 is 0 Å². The van der Waals surface area contributed by atoms with Crippen molar-refractivity contribution < 1.29 is 14.6 Å². The third kappa shape index (κ3) is 3.71. The average molecular weight is 255 g/mol. The Labute approximate surface area is 105 Å². The van der Waals surface area contributed by atoms with Crippen LogP contribution in [0.5, 0.6) is 0 Å². The molecule has 0 saturated carbocycles. The lowest BCUT2D eigenvalue weighted by Gasteiger charge is -2.13. The number of nitrogens with zero attached hydrogens (tertiary/aromatic N) is 1. The minimum Gasteiger partial charge on any atom is -0.478 e. The van der Waals surface area contributed by atoms with Crippen LogP contribution in [0.2, 0.25) is 0 Å². The second-order valence-electron chi connectivity index (χ2n) is 3.95. The summed E-state index contributed by atoms with van der Waals surface area (Å²) >= 11 is 1.43. The van der Waals surface area contributed by atoms with E-state index in [9.17, 15) is 9.90 Å². The lowest BCUT2D eigenvalue weighted by atomic mass is 10.1. The van der Waals surface area contributed by atoms with Crippen LogP contribution in [0.3, 0.4) is 0 Å². The molecule has 1 N–H and O–H groups in total. The highest BCUT2D eigenvalue weighted by atomic mass is 32.2. The Hall–Kier alpha value is -1.07. The van der Waals surface area contributed by atoms with Crippen LogP contribution in [-0.4, -0.2) is 35.0 Å². The smallest absolute Gasteiger partial charge is 0.338 e. The van der Waals surface area contributed by atoms with E-state index < -0.39 is 5.97 Å². The monoisotopic (exact) mass is 255 g/mol. The number of hydrogen-bond donors (Lipinski definition) is 1. The van der Waals surface area contributed by atoms with Gasteiger partial charge in [0.25, 0.3) is 0 Å². The molecule has 5 heteroatoms. The summed E-state index contributed by atoms with van der Waals surface area (Å²) in [5, 5.41) is 9.94. The molecule has 4 nitrogen and oxygen atoms in total. The molecule has 1 aromatic rings. The fourth-order valence-corrected chi connectivity index (χ4v) is 2.76. The van der Waals surface area contributed by atoms with Crippen molar-refractivity contribution in [2.75, 3.05) is 13.7 Å². The zero-order valence-electron chi connectivity index (χ0n) is 10.5. The van der Waals surface area contributed by atoms with Crippen LogP contribution in [0.25, 0.3) is 0 Å². The van der Waals surface area contributed by atoms with E-state index in [0.717, 1.165) is 11.3 Å². The first-order valence-electron chi connectivity index (χ1n) is 5.32. The summed E-state index contributed by atoms with van der Waals surface area (Å²) in [7, 11) is 1.63. The molecule has 0 bridgehead atoms. The first-order valence-corrected chi connectivity index (χ1v) is 6.20. The van der Waals surface area contributed by atoms with Crippen LogP contribution < -0.4 is 0 Å². The molecular formula is C12H17NO3S. The van der Waals surface area contributed by atoms with Crippen LogP contribution in [0.1, 0.15) is 28.5 Å². The molecule has 0 aromatic carbocycles. The molecule has 0 fully saturated rings. The fourth-order valence-electron chi connectivity index (χ4n) is 1.61. The number of aromatic nitrogens is 1. The molecule has 94 valence electrons. The van der Waals surface area contributed by atoms with Gasteiger partial charge in [-0.05, 0) is 25.5 Å². The Morgan fingerprint density at radius 2 is 2.24 bits per heavy atom. The third-order valence-electron chi connectivity index (χ3n) is 2.24. The van der Waals surface area contributed by atoms with E-state index in [4.69, 9.17) is 4.74 Å². The number of carboxylic acids is 1. The number of carbonyl (C=O) groups is 1. The standard InChI is InChI=1S/C12H17NO3S/c1-7-5-8(2)13-11(10(7)12(14)15)17-9(3)6-16-4/h5,9H,6H2,1-4H3,(H,14,15). The topological polar surface area (TPSA) is 59.4 Å². The summed E-state index contributed by atoms with van der Waals surface area (Å²) in [4.78, 5) is 15.5. The maximum Gasteiger partial charge on any atom is 0.338 e. The van der Waals surface area contributed by atoms with Gasteiger partial charge in [-0.15, -0.1) is 11.8 Å². The Morgan fingerprint density at radius 1 is 1.59 bits per heavy atom.